The van der Waals surface area contributed by atoms with E-state index in [-0.39, 0.29) is 0 Å². The van der Waals surface area contributed by atoms with Crippen molar-refractivity contribution in [3.05, 3.63) is 33.7 Å². The van der Waals surface area contributed by atoms with Crippen LogP contribution in [0.15, 0.2) is 21.2 Å². The van der Waals surface area contributed by atoms with Gasteiger partial charge >= 0.3 is 0 Å². The van der Waals surface area contributed by atoms with Gasteiger partial charge < -0.3 is 4.52 Å². The van der Waals surface area contributed by atoms with Crippen LogP contribution in [0.25, 0.3) is 5.57 Å². The van der Waals surface area contributed by atoms with E-state index in [0.29, 0.717) is 5.92 Å². The average Bonchev–Trinajstić information content (AvgIpc) is 3.10. The summed E-state index contributed by atoms with van der Waals surface area (Å²) in [5, 5.41) is 5.05. The maximum Gasteiger partial charge on any atom is 0.143 e. The zero-order valence-corrected chi connectivity index (χ0v) is 12.3. The van der Waals surface area contributed by atoms with Gasteiger partial charge in [-0.25, -0.2) is 0 Å². The molecular formula is C15H20ClNO. The van der Waals surface area contributed by atoms with Gasteiger partial charge in [0.1, 0.15) is 11.5 Å². The summed E-state index contributed by atoms with van der Waals surface area (Å²) in [5.41, 5.74) is 4.33. The van der Waals surface area contributed by atoms with E-state index in [1.165, 1.54) is 18.4 Å². The molecule has 1 fully saturated rings. The third kappa shape index (κ3) is 2.39. The third-order valence-electron chi connectivity index (χ3n) is 3.53. The first-order valence-electron chi connectivity index (χ1n) is 6.58. The molecule has 0 atom stereocenters. The summed E-state index contributed by atoms with van der Waals surface area (Å²) in [4.78, 5) is 0. The minimum Gasteiger partial charge on any atom is -0.360 e. The molecule has 0 amide bonds. The minimum absolute atomic E-state index is 0.587. The Morgan fingerprint density at radius 1 is 1.44 bits per heavy atom. The van der Waals surface area contributed by atoms with Crippen LogP contribution in [0.1, 0.15) is 63.5 Å². The van der Waals surface area contributed by atoms with Crippen molar-refractivity contribution >= 4 is 17.2 Å². The van der Waals surface area contributed by atoms with Gasteiger partial charge in [-0.3, -0.25) is 0 Å². The highest BCUT2D eigenvalue weighted by molar-refractivity contribution is 6.33. The molecule has 1 aromatic heterocycles. The van der Waals surface area contributed by atoms with Crippen LogP contribution in [0.2, 0.25) is 0 Å². The van der Waals surface area contributed by atoms with Crippen molar-refractivity contribution in [1.29, 1.82) is 0 Å². The van der Waals surface area contributed by atoms with Crippen molar-refractivity contribution in [3.8, 4) is 0 Å². The molecule has 0 saturated heterocycles. The van der Waals surface area contributed by atoms with Crippen molar-refractivity contribution in [2.45, 2.75) is 52.9 Å². The topological polar surface area (TPSA) is 26.0 Å². The van der Waals surface area contributed by atoms with Crippen LogP contribution < -0.4 is 0 Å². The van der Waals surface area contributed by atoms with Gasteiger partial charge in [-0.1, -0.05) is 29.8 Å². The van der Waals surface area contributed by atoms with Crippen LogP contribution in [0, 0.1) is 0 Å². The quantitative estimate of drug-likeness (QED) is 0.712. The fraction of sp³-hybridized carbons (Fsp3) is 0.533. The molecule has 1 saturated carbocycles. The Morgan fingerprint density at radius 3 is 2.56 bits per heavy atom. The second-order valence-electron chi connectivity index (χ2n) is 4.88. The van der Waals surface area contributed by atoms with E-state index in [0.717, 1.165) is 34.1 Å². The Hall–Kier alpha value is -1.02. The summed E-state index contributed by atoms with van der Waals surface area (Å²) in [6.07, 6.45) is 5.45. The molecule has 0 radical (unpaired) electrons. The zero-order chi connectivity index (χ0) is 13.3. The predicted octanol–water partition coefficient (Wildman–Crippen LogP) is 5.05. The van der Waals surface area contributed by atoms with Crippen LogP contribution in [0.4, 0.5) is 0 Å². The van der Waals surface area contributed by atoms with Crippen LogP contribution >= 0.6 is 11.6 Å². The Kier molecular flexibility index (Phi) is 3.96. The van der Waals surface area contributed by atoms with Crippen molar-refractivity contribution in [2.24, 2.45) is 0 Å². The van der Waals surface area contributed by atoms with E-state index >= 15 is 0 Å². The second-order valence-corrected chi connectivity index (χ2v) is 5.45. The van der Waals surface area contributed by atoms with Gasteiger partial charge in [0.05, 0.1) is 0 Å². The standard InChI is InChI=1S/C15H20ClNO/c1-5-9(3)13(10(4)16)14-12(6-2)15(18-17-14)11-7-8-11/h5,11H,6-8H2,1-4H3/b9-5-,13-10-. The van der Waals surface area contributed by atoms with Crippen molar-refractivity contribution in [1.82, 2.24) is 5.16 Å². The summed E-state index contributed by atoms with van der Waals surface area (Å²) in [5.74, 6) is 1.66. The molecule has 2 rings (SSSR count). The molecule has 1 heterocycles. The van der Waals surface area contributed by atoms with E-state index in [2.05, 4.69) is 25.1 Å². The van der Waals surface area contributed by atoms with E-state index in [1.807, 2.05) is 13.8 Å². The van der Waals surface area contributed by atoms with Gasteiger partial charge in [0.25, 0.3) is 0 Å². The molecule has 98 valence electrons. The monoisotopic (exact) mass is 265 g/mol. The SMILES string of the molecule is C/C=C(C)\C(=C(/C)Cl)c1noc(C2CC2)c1CC. The van der Waals surface area contributed by atoms with Gasteiger partial charge in [0.2, 0.25) is 0 Å². The molecule has 0 N–H and O–H groups in total. The molecule has 0 unspecified atom stereocenters. The Bertz CT molecular complexity index is 503. The number of rotatable bonds is 4. The Balaban J connectivity index is 2.52. The maximum absolute atomic E-state index is 6.24. The lowest BCUT2D eigenvalue weighted by atomic mass is 9.97. The summed E-state index contributed by atoms with van der Waals surface area (Å²) < 4.78 is 5.57. The van der Waals surface area contributed by atoms with Gasteiger partial charge in [0.15, 0.2) is 0 Å². The smallest absolute Gasteiger partial charge is 0.143 e. The second kappa shape index (κ2) is 5.31. The first kappa shape index (κ1) is 13.4. The first-order chi connectivity index (χ1) is 8.60. The molecule has 1 aliphatic carbocycles. The van der Waals surface area contributed by atoms with Crippen LogP contribution in [-0.2, 0) is 6.42 Å². The lowest BCUT2D eigenvalue weighted by Gasteiger charge is -2.08. The highest BCUT2D eigenvalue weighted by Crippen LogP contribution is 2.44. The normalized spacial score (nSPS) is 17.9. The first-order valence-corrected chi connectivity index (χ1v) is 6.96. The lowest BCUT2D eigenvalue weighted by Crippen LogP contribution is -1.95. The van der Waals surface area contributed by atoms with Gasteiger partial charge in [-0.05, 0) is 45.6 Å². The third-order valence-corrected chi connectivity index (χ3v) is 3.72. The minimum atomic E-state index is 0.587. The summed E-state index contributed by atoms with van der Waals surface area (Å²) in [7, 11) is 0. The van der Waals surface area contributed by atoms with Crippen LogP contribution in [0.5, 0.6) is 0 Å². The molecule has 1 aliphatic rings. The van der Waals surface area contributed by atoms with E-state index in [4.69, 9.17) is 16.1 Å². The molecule has 3 heteroatoms. The van der Waals surface area contributed by atoms with Crippen LogP contribution in [0.3, 0.4) is 0 Å². The van der Waals surface area contributed by atoms with Gasteiger partial charge in [0, 0.05) is 22.1 Å². The molecule has 1 aromatic rings. The molecule has 0 aromatic carbocycles. The molecule has 0 bridgehead atoms. The zero-order valence-electron chi connectivity index (χ0n) is 11.5. The highest BCUT2D eigenvalue weighted by Gasteiger charge is 2.32. The fourth-order valence-electron chi connectivity index (χ4n) is 2.29. The molecule has 18 heavy (non-hydrogen) atoms. The number of nitrogens with zero attached hydrogens (tertiary/aromatic N) is 1. The summed E-state index contributed by atoms with van der Waals surface area (Å²) in [6, 6.07) is 0. The fourth-order valence-corrected chi connectivity index (χ4v) is 2.53. The lowest BCUT2D eigenvalue weighted by molar-refractivity contribution is 0.381. The molecule has 0 aliphatic heterocycles. The number of aromatic nitrogens is 1. The number of halogens is 1. The summed E-state index contributed by atoms with van der Waals surface area (Å²) >= 11 is 6.24. The average molecular weight is 266 g/mol. The predicted molar refractivity (Wildman–Crippen MR) is 75.7 cm³/mol. The van der Waals surface area contributed by atoms with Crippen molar-refractivity contribution in [3.63, 3.8) is 0 Å². The number of hydrogen-bond donors (Lipinski definition) is 0. The number of hydrogen-bond acceptors (Lipinski definition) is 2. The number of allylic oxidation sites excluding steroid dienone is 4. The van der Waals surface area contributed by atoms with Gasteiger partial charge in [-0.15, -0.1) is 0 Å². The van der Waals surface area contributed by atoms with E-state index < -0.39 is 0 Å². The Labute approximate surface area is 114 Å². The van der Waals surface area contributed by atoms with Crippen LogP contribution in [-0.4, -0.2) is 5.16 Å². The molecular weight excluding hydrogens is 246 g/mol. The maximum atomic E-state index is 6.24. The van der Waals surface area contributed by atoms with Crippen molar-refractivity contribution in [2.75, 3.05) is 0 Å². The van der Waals surface area contributed by atoms with E-state index in [9.17, 15) is 0 Å². The Morgan fingerprint density at radius 2 is 2.11 bits per heavy atom. The van der Waals surface area contributed by atoms with E-state index in [1.54, 1.807) is 0 Å². The van der Waals surface area contributed by atoms with Gasteiger partial charge in [-0.2, -0.15) is 0 Å². The highest BCUT2D eigenvalue weighted by atomic mass is 35.5. The molecule has 2 nitrogen and oxygen atoms in total. The largest absolute Gasteiger partial charge is 0.360 e. The molecule has 0 spiro atoms. The summed E-state index contributed by atoms with van der Waals surface area (Å²) in [6.45, 7) is 8.14. The van der Waals surface area contributed by atoms with Crippen molar-refractivity contribution < 1.29 is 4.52 Å².